The van der Waals surface area contributed by atoms with Gasteiger partial charge in [-0.1, -0.05) is 48.0 Å². The third-order valence-electron chi connectivity index (χ3n) is 5.44. The van der Waals surface area contributed by atoms with Gasteiger partial charge in [0.15, 0.2) is 11.5 Å². The molecule has 6 heteroatoms. The Balaban J connectivity index is 1.43. The monoisotopic (exact) mass is 449 g/mol. The van der Waals surface area contributed by atoms with Gasteiger partial charge in [0.05, 0.1) is 5.02 Å². The van der Waals surface area contributed by atoms with Crippen molar-refractivity contribution in [1.29, 1.82) is 0 Å². The maximum Gasteiger partial charge on any atom is 0.163 e. The molecule has 0 bridgehead atoms. The van der Waals surface area contributed by atoms with E-state index in [0.717, 1.165) is 33.5 Å². The first kappa shape index (κ1) is 20.5. The number of rotatable bonds is 6. The topological polar surface area (TPSA) is 39.7 Å². The minimum Gasteiger partial charge on any atom is -0.488 e. The van der Waals surface area contributed by atoms with Crippen LogP contribution in [0, 0.1) is 5.82 Å². The second-order valence-electron chi connectivity index (χ2n) is 7.46. The Kier molecular flexibility index (Phi) is 5.73. The molecule has 0 saturated heterocycles. The molecule has 0 unspecified atom stereocenters. The van der Waals surface area contributed by atoms with Crippen molar-refractivity contribution in [2.24, 2.45) is 0 Å². The summed E-state index contributed by atoms with van der Waals surface area (Å²) in [5.41, 5.74) is 2.23. The molecule has 0 atom stereocenters. The fraction of sp³-hybridized carbons (Fsp3) is 0.154. The second kappa shape index (κ2) is 8.97. The molecule has 0 aromatic heterocycles. The zero-order valence-corrected chi connectivity index (χ0v) is 18.0. The summed E-state index contributed by atoms with van der Waals surface area (Å²) in [4.78, 5) is 0. The summed E-state index contributed by atoms with van der Waals surface area (Å²) in [7, 11) is 0. The Hall–Kier alpha value is -3.44. The number of nitrogens with one attached hydrogen (secondary N) is 1. The molecule has 1 heterocycles. The van der Waals surface area contributed by atoms with Gasteiger partial charge in [0.25, 0.3) is 0 Å². The quantitative estimate of drug-likeness (QED) is 0.360. The summed E-state index contributed by atoms with van der Waals surface area (Å²) in [5, 5.41) is 5.96. The molecule has 162 valence electrons. The average Bonchev–Trinajstić information content (AvgIpc) is 2.82. The summed E-state index contributed by atoms with van der Waals surface area (Å²) in [6.07, 6.45) is 0. The van der Waals surface area contributed by atoms with E-state index in [4.69, 9.17) is 25.8 Å². The molecule has 5 rings (SSSR count). The van der Waals surface area contributed by atoms with Gasteiger partial charge in [-0.3, -0.25) is 0 Å². The van der Waals surface area contributed by atoms with Gasteiger partial charge in [0.1, 0.15) is 31.4 Å². The maximum absolute atomic E-state index is 14.2. The highest BCUT2D eigenvalue weighted by molar-refractivity contribution is 6.31. The molecule has 4 aromatic carbocycles. The first-order valence-electron chi connectivity index (χ1n) is 10.4. The Labute approximate surface area is 190 Å². The van der Waals surface area contributed by atoms with Crippen LogP contribution in [0.15, 0.2) is 72.8 Å². The van der Waals surface area contributed by atoms with Crippen LogP contribution < -0.4 is 19.5 Å². The van der Waals surface area contributed by atoms with Gasteiger partial charge >= 0.3 is 0 Å². The largest absolute Gasteiger partial charge is 0.488 e. The number of hydrogen-bond donors (Lipinski definition) is 1. The Bertz CT molecular complexity index is 1260. The molecule has 4 aromatic rings. The van der Waals surface area contributed by atoms with Gasteiger partial charge < -0.3 is 19.5 Å². The van der Waals surface area contributed by atoms with Gasteiger partial charge in [-0.05, 0) is 41.1 Å². The Morgan fingerprint density at radius 2 is 1.72 bits per heavy atom. The minimum absolute atomic E-state index is 0.0425. The van der Waals surface area contributed by atoms with Gasteiger partial charge in [-0.25, -0.2) is 4.39 Å². The summed E-state index contributed by atoms with van der Waals surface area (Å²) < 4.78 is 31.6. The fourth-order valence-corrected chi connectivity index (χ4v) is 4.02. The predicted molar refractivity (Wildman–Crippen MR) is 124 cm³/mol. The standard InChI is InChI=1S/C26H21ClFNO3/c27-22-6-3-7-23(28)21(22)16-32-24-10-8-17-4-1-2-5-19(17)20(24)15-29-18-9-11-25-26(14-18)31-13-12-30-25/h1-11,14,29H,12-13,15-16H2. The van der Waals surface area contributed by atoms with Crippen LogP contribution >= 0.6 is 11.6 Å². The summed E-state index contributed by atoms with van der Waals surface area (Å²) >= 11 is 6.18. The number of ether oxygens (including phenoxy) is 3. The molecule has 32 heavy (non-hydrogen) atoms. The van der Waals surface area contributed by atoms with Crippen molar-refractivity contribution in [3.05, 3.63) is 94.8 Å². The highest BCUT2D eigenvalue weighted by atomic mass is 35.5. The lowest BCUT2D eigenvalue weighted by atomic mass is 10.0. The van der Waals surface area contributed by atoms with Crippen LogP contribution in [0.25, 0.3) is 10.8 Å². The van der Waals surface area contributed by atoms with Crippen molar-refractivity contribution in [1.82, 2.24) is 0 Å². The van der Waals surface area contributed by atoms with Crippen molar-refractivity contribution in [2.75, 3.05) is 18.5 Å². The number of benzene rings is 4. The molecule has 0 fully saturated rings. The summed E-state index contributed by atoms with van der Waals surface area (Å²) in [6, 6.07) is 22.4. The van der Waals surface area contributed by atoms with E-state index in [9.17, 15) is 4.39 Å². The first-order valence-corrected chi connectivity index (χ1v) is 10.8. The maximum atomic E-state index is 14.2. The van der Waals surface area contributed by atoms with Crippen LogP contribution in [0.1, 0.15) is 11.1 Å². The van der Waals surface area contributed by atoms with E-state index in [-0.39, 0.29) is 12.4 Å². The Morgan fingerprint density at radius 3 is 2.59 bits per heavy atom. The molecular formula is C26H21ClFNO3. The third kappa shape index (κ3) is 4.16. The van der Waals surface area contributed by atoms with E-state index >= 15 is 0 Å². The lowest BCUT2D eigenvalue weighted by Gasteiger charge is -2.20. The molecule has 0 radical (unpaired) electrons. The van der Waals surface area contributed by atoms with Crippen LogP contribution in [0.2, 0.25) is 5.02 Å². The van der Waals surface area contributed by atoms with Crippen LogP contribution in [0.3, 0.4) is 0 Å². The van der Waals surface area contributed by atoms with Crippen LogP contribution in [-0.4, -0.2) is 13.2 Å². The van der Waals surface area contributed by atoms with E-state index < -0.39 is 0 Å². The summed E-state index contributed by atoms with van der Waals surface area (Å²) in [6.45, 7) is 1.65. The average molecular weight is 450 g/mol. The smallest absolute Gasteiger partial charge is 0.163 e. The van der Waals surface area contributed by atoms with Gasteiger partial charge in [-0.15, -0.1) is 0 Å². The van der Waals surface area contributed by atoms with E-state index in [1.165, 1.54) is 6.07 Å². The molecule has 0 aliphatic carbocycles. The van der Waals surface area contributed by atoms with Crippen LogP contribution in [-0.2, 0) is 13.2 Å². The lowest BCUT2D eigenvalue weighted by molar-refractivity contribution is 0.171. The molecule has 1 aliphatic rings. The zero-order valence-electron chi connectivity index (χ0n) is 17.2. The lowest BCUT2D eigenvalue weighted by Crippen LogP contribution is -2.15. The molecule has 1 N–H and O–H groups in total. The number of halogens is 2. The SMILES string of the molecule is Fc1cccc(Cl)c1COc1ccc2ccccc2c1CNc1ccc2c(c1)OCCO2. The third-order valence-corrected chi connectivity index (χ3v) is 5.80. The first-order chi connectivity index (χ1) is 15.7. The van der Waals surface area contributed by atoms with Crippen molar-refractivity contribution in [3.8, 4) is 17.2 Å². The van der Waals surface area contributed by atoms with Gasteiger partial charge in [-0.2, -0.15) is 0 Å². The molecule has 0 amide bonds. The highest BCUT2D eigenvalue weighted by Crippen LogP contribution is 2.34. The molecule has 0 spiro atoms. The number of fused-ring (bicyclic) bond motifs is 2. The summed E-state index contributed by atoms with van der Waals surface area (Å²) in [5.74, 6) is 1.77. The minimum atomic E-state index is -0.380. The normalized spacial score (nSPS) is 12.6. The van der Waals surface area contributed by atoms with Crippen molar-refractivity contribution in [3.63, 3.8) is 0 Å². The second-order valence-corrected chi connectivity index (χ2v) is 7.87. The van der Waals surface area contributed by atoms with Gasteiger partial charge in [0, 0.05) is 29.4 Å². The Morgan fingerprint density at radius 1 is 0.875 bits per heavy atom. The molecule has 1 aliphatic heterocycles. The fourth-order valence-electron chi connectivity index (χ4n) is 3.80. The number of hydrogen-bond acceptors (Lipinski definition) is 4. The molecule has 0 saturated carbocycles. The van der Waals surface area contributed by atoms with Crippen LogP contribution in [0.4, 0.5) is 10.1 Å². The zero-order chi connectivity index (χ0) is 21.9. The molecule has 4 nitrogen and oxygen atoms in total. The van der Waals surface area contributed by atoms with Crippen molar-refractivity contribution < 1.29 is 18.6 Å². The predicted octanol–water partition coefficient (Wildman–Crippen LogP) is 6.59. The molecular weight excluding hydrogens is 429 g/mol. The van der Waals surface area contributed by atoms with Gasteiger partial charge in [0.2, 0.25) is 0 Å². The highest BCUT2D eigenvalue weighted by Gasteiger charge is 2.14. The van der Waals surface area contributed by atoms with Crippen LogP contribution in [0.5, 0.6) is 17.2 Å². The van der Waals surface area contributed by atoms with E-state index in [0.29, 0.717) is 36.1 Å². The van der Waals surface area contributed by atoms with E-state index in [1.54, 1.807) is 12.1 Å². The van der Waals surface area contributed by atoms with E-state index in [2.05, 4.69) is 17.4 Å². The van der Waals surface area contributed by atoms with Crippen molar-refractivity contribution >= 4 is 28.1 Å². The van der Waals surface area contributed by atoms with Crippen molar-refractivity contribution in [2.45, 2.75) is 13.2 Å². The number of anilines is 1. The van der Waals surface area contributed by atoms with E-state index in [1.807, 2.05) is 42.5 Å².